The van der Waals surface area contributed by atoms with Crippen LogP contribution in [0.5, 0.6) is 5.75 Å². The van der Waals surface area contributed by atoms with E-state index in [1.165, 1.54) is 24.2 Å². The van der Waals surface area contributed by atoms with Gasteiger partial charge in [-0.1, -0.05) is 12.1 Å². The summed E-state index contributed by atoms with van der Waals surface area (Å²) in [5.74, 6) is -6.89. The Balaban J connectivity index is 1.84. The Hall–Kier alpha value is -4.12. The van der Waals surface area contributed by atoms with Crippen molar-refractivity contribution < 1.29 is 44.3 Å². The van der Waals surface area contributed by atoms with Crippen LogP contribution in [0.25, 0.3) is 5.76 Å². The molecule has 3 aliphatic carbocycles. The zero-order valence-electron chi connectivity index (χ0n) is 19.5. The van der Waals surface area contributed by atoms with Gasteiger partial charge in [0.25, 0.3) is 5.91 Å². The zero-order valence-corrected chi connectivity index (χ0v) is 19.5. The first-order valence-electron chi connectivity index (χ1n) is 11.2. The maximum absolute atomic E-state index is 13.5. The van der Waals surface area contributed by atoms with Crippen molar-refractivity contribution in [2.45, 2.75) is 31.4 Å². The van der Waals surface area contributed by atoms with Crippen molar-refractivity contribution in [2.24, 2.45) is 17.6 Å². The highest BCUT2D eigenvalue weighted by Gasteiger charge is 2.60. The largest absolute Gasteiger partial charge is 0.508 e. The molecule has 6 N–H and O–H groups in total. The number of rotatable bonds is 5. The Bertz CT molecular complexity index is 1280. The second-order valence-electron chi connectivity index (χ2n) is 9.14. The molecule has 1 aromatic rings. The lowest BCUT2D eigenvalue weighted by molar-refractivity contribution is -0.147. The third kappa shape index (κ3) is 3.54. The molecule has 3 atom stereocenters. The lowest BCUT2D eigenvalue weighted by atomic mass is 9.59. The lowest BCUT2D eigenvalue weighted by Gasteiger charge is -2.46. The van der Waals surface area contributed by atoms with Crippen molar-refractivity contribution in [1.82, 2.24) is 4.90 Å². The molecule has 1 unspecified atom stereocenters. The summed E-state index contributed by atoms with van der Waals surface area (Å²) in [6.07, 6.45) is 0.663. The summed E-state index contributed by atoms with van der Waals surface area (Å²) in [6, 6.07) is 2.89. The number of phenolic OH excluding ortho intramolecular Hbond substituents is 1. The van der Waals surface area contributed by atoms with E-state index in [9.17, 15) is 39.6 Å². The van der Waals surface area contributed by atoms with E-state index in [1.807, 2.05) is 0 Å². The van der Waals surface area contributed by atoms with E-state index in [2.05, 4.69) is 6.58 Å². The Morgan fingerprint density at radius 1 is 1.25 bits per heavy atom. The third-order valence-electron chi connectivity index (χ3n) is 7.19. The molecule has 0 bridgehead atoms. The number of aromatic hydroxyl groups is 1. The van der Waals surface area contributed by atoms with Gasteiger partial charge >= 0.3 is 6.09 Å². The first-order valence-corrected chi connectivity index (χ1v) is 11.2. The Kier molecular flexibility index (Phi) is 6.13. The molecule has 1 saturated carbocycles. The summed E-state index contributed by atoms with van der Waals surface area (Å²) in [5, 5.41) is 43.6. The number of hydrogen-bond donors (Lipinski definition) is 5. The predicted octanol–water partition coefficient (Wildman–Crippen LogP) is 1.18. The maximum Gasteiger partial charge on any atom is 0.410 e. The number of hydrogen-bond acceptors (Lipinski definition) is 9. The fourth-order valence-corrected chi connectivity index (χ4v) is 5.53. The van der Waals surface area contributed by atoms with Crippen LogP contribution < -0.4 is 5.73 Å². The number of aliphatic hydroxyl groups excluding tert-OH is 2. The molecule has 36 heavy (non-hydrogen) atoms. The first-order chi connectivity index (χ1) is 17.0. The maximum atomic E-state index is 13.5. The molecule has 3 aliphatic rings. The SMILES string of the molecule is C=CCN(Cc1ccc(O)c2c1CC1C[C@H]3CC(=O)C(C(N)=O)=C(O)[C@@]3(O)C(=O)C1=C2O)C(=O)OC. The van der Waals surface area contributed by atoms with Crippen molar-refractivity contribution in [3.05, 3.63) is 58.4 Å². The zero-order chi connectivity index (χ0) is 26.5. The second-order valence-corrected chi connectivity index (χ2v) is 9.14. The summed E-state index contributed by atoms with van der Waals surface area (Å²) in [5.41, 5.74) is 2.52. The van der Waals surface area contributed by atoms with Crippen LogP contribution in [0.4, 0.5) is 4.79 Å². The number of fused-ring (bicyclic) bond motifs is 3. The summed E-state index contributed by atoms with van der Waals surface area (Å²) in [7, 11) is 1.24. The number of nitrogens with two attached hydrogens (primary N) is 1. The number of primary amides is 1. The molecule has 11 heteroatoms. The topological polar surface area (TPSA) is 188 Å². The van der Waals surface area contributed by atoms with Crippen LogP contribution in [0, 0.1) is 11.8 Å². The number of methoxy groups -OCH3 is 1. The summed E-state index contributed by atoms with van der Waals surface area (Å²) < 4.78 is 4.81. The lowest BCUT2D eigenvalue weighted by Crippen LogP contribution is -2.58. The average Bonchev–Trinajstić information content (AvgIpc) is 2.81. The van der Waals surface area contributed by atoms with Gasteiger partial charge in [0.2, 0.25) is 5.78 Å². The monoisotopic (exact) mass is 498 g/mol. The van der Waals surface area contributed by atoms with Crippen molar-refractivity contribution in [1.29, 1.82) is 0 Å². The fourth-order valence-electron chi connectivity index (χ4n) is 5.53. The predicted molar refractivity (Wildman–Crippen MR) is 124 cm³/mol. The molecule has 1 aromatic carbocycles. The van der Waals surface area contributed by atoms with Crippen LogP contribution in [-0.4, -0.2) is 68.1 Å². The van der Waals surface area contributed by atoms with Crippen LogP contribution in [-0.2, 0) is 32.1 Å². The molecule has 0 radical (unpaired) electrons. The van der Waals surface area contributed by atoms with E-state index in [-0.39, 0.29) is 42.8 Å². The molecule has 4 rings (SSSR count). The van der Waals surface area contributed by atoms with Gasteiger partial charge < -0.3 is 35.8 Å². The number of nitrogens with zero attached hydrogens (tertiary/aromatic N) is 1. The minimum atomic E-state index is -2.62. The van der Waals surface area contributed by atoms with Crippen molar-refractivity contribution >= 4 is 29.3 Å². The molecule has 0 heterocycles. The molecule has 0 spiro atoms. The van der Waals surface area contributed by atoms with Crippen LogP contribution >= 0.6 is 0 Å². The summed E-state index contributed by atoms with van der Waals surface area (Å²) >= 11 is 0. The molecule has 0 saturated heterocycles. The van der Waals surface area contributed by atoms with Crippen LogP contribution in [0.15, 0.2) is 41.7 Å². The van der Waals surface area contributed by atoms with Crippen LogP contribution in [0.1, 0.15) is 29.5 Å². The number of phenols is 1. The fraction of sp³-hybridized carbons (Fsp3) is 0.360. The van der Waals surface area contributed by atoms with E-state index in [0.717, 1.165) is 0 Å². The van der Waals surface area contributed by atoms with E-state index >= 15 is 0 Å². The van der Waals surface area contributed by atoms with Gasteiger partial charge in [-0.25, -0.2) is 4.79 Å². The number of Topliss-reactive ketones (excluding diaryl/α,β-unsaturated/α-hetero) is 2. The van der Waals surface area contributed by atoms with Gasteiger partial charge in [0.1, 0.15) is 22.8 Å². The molecule has 11 nitrogen and oxygen atoms in total. The van der Waals surface area contributed by atoms with Gasteiger partial charge in [-0.05, 0) is 36.0 Å². The standard InChI is InChI=1S/C25H26N2O9/c1-3-6-27(24(34)36-2)10-11-4-5-15(28)18-14(11)8-12-7-13-9-16(29)19(23(26)33)22(32)25(13,35)21(31)17(12)20(18)30/h3-5,12-13,28,30,32,35H,1,6-10H2,2H3,(H2,26,33)/t12?,13-,25-/m0/s1. The Morgan fingerprint density at radius 3 is 2.56 bits per heavy atom. The Labute approximate surface area is 205 Å². The number of amides is 2. The summed E-state index contributed by atoms with van der Waals surface area (Å²) in [6.45, 7) is 3.86. The normalized spacial score (nSPS) is 25.1. The number of ether oxygens (including phenoxy) is 1. The quantitative estimate of drug-likeness (QED) is 0.293. The van der Waals surface area contributed by atoms with Gasteiger partial charge in [0.15, 0.2) is 11.4 Å². The van der Waals surface area contributed by atoms with E-state index < -0.39 is 64.5 Å². The van der Waals surface area contributed by atoms with E-state index in [0.29, 0.717) is 11.1 Å². The van der Waals surface area contributed by atoms with Crippen molar-refractivity contribution in [3.63, 3.8) is 0 Å². The Morgan fingerprint density at radius 2 is 1.94 bits per heavy atom. The highest BCUT2D eigenvalue weighted by molar-refractivity contribution is 6.22. The average molecular weight is 498 g/mol. The highest BCUT2D eigenvalue weighted by Crippen LogP contribution is 2.52. The highest BCUT2D eigenvalue weighted by atomic mass is 16.5. The minimum Gasteiger partial charge on any atom is -0.508 e. The molecule has 0 aliphatic heterocycles. The van der Waals surface area contributed by atoms with Crippen LogP contribution in [0.3, 0.4) is 0 Å². The number of aliphatic hydroxyl groups is 3. The number of ketones is 2. The first kappa shape index (κ1) is 25.0. The van der Waals surface area contributed by atoms with Gasteiger partial charge in [-0.15, -0.1) is 6.58 Å². The van der Waals surface area contributed by atoms with E-state index in [4.69, 9.17) is 10.5 Å². The number of carbonyl (C=O) groups excluding carboxylic acids is 4. The summed E-state index contributed by atoms with van der Waals surface area (Å²) in [4.78, 5) is 51.2. The molecule has 2 amide bonds. The van der Waals surface area contributed by atoms with Crippen LogP contribution in [0.2, 0.25) is 0 Å². The number of benzene rings is 1. The smallest absolute Gasteiger partial charge is 0.410 e. The van der Waals surface area contributed by atoms with Gasteiger partial charge in [-0.3, -0.25) is 14.4 Å². The van der Waals surface area contributed by atoms with Crippen molar-refractivity contribution in [3.8, 4) is 5.75 Å². The molecule has 1 fully saturated rings. The molecular weight excluding hydrogens is 472 g/mol. The van der Waals surface area contributed by atoms with Gasteiger partial charge in [-0.2, -0.15) is 0 Å². The second kappa shape index (κ2) is 8.83. The van der Waals surface area contributed by atoms with E-state index in [1.54, 1.807) is 6.07 Å². The van der Waals surface area contributed by atoms with Crippen molar-refractivity contribution in [2.75, 3.05) is 13.7 Å². The minimum absolute atomic E-state index is 0.0192. The molecule has 190 valence electrons. The third-order valence-corrected chi connectivity index (χ3v) is 7.19. The molecule has 0 aromatic heterocycles. The van der Waals surface area contributed by atoms with Gasteiger partial charge in [0, 0.05) is 31.0 Å². The van der Waals surface area contributed by atoms with Gasteiger partial charge in [0.05, 0.1) is 12.7 Å². The molecular formula is C25H26N2O9. The number of carbonyl (C=O) groups is 4.